The van der Waals surface area contributed by atoms with Gasteiger partial charge in [0.2, 0.25) is 0 Å². The molecule has 4 heteroatoms. The minimum absolute atomic E-state index is 0.413. The van der Waals surface area contributed by atoms with Crippen LogP contribution in [0.1, 0.15) is 37.1 Å². The summed E-state index contributed by atoms with van der Waals surface area (Å²) in [6.45, 7) is 3.05. The first-order valence-corrected chi connectivity index (χ1v) is 6.94. The van der Waals surface area contributed by atoms with Crippen LogP contribution in [0.5, 0.6) is 0 Å². The number of aliphatic hydroxyl groups is 1. The van der Waals surface area contributed by atoms with E-state index < -0.39 is 6.10 Å². The molecule has 1 N–H and O–H groups in total. The highest BCUT2D eigenvalue weighted by Crippen LogP contribution is 2.20. The van der Waals surface area contributed by atoms with E-state index in [9.17, 15) is 5.11 Å². The van der Waals surface area contributed by atoms with Crippen molar-refractivity contribution in [3.05, 3.63) is 40.6 Å². The lowest BCUT2D eigenvalue weighted by atomic mass is 10.1. The van der Waals surface area contributed by atoms with Gasteiger partial charge >= 0.3 is 0 Å². The van der Waals surface area contributed by atoms with Crippen molar-refractivity contribution in [2.24, 2.45) is 0 Å². The van der Waals surface area contributed by atoms with Crippen molar-refractivity contribution in [1.29, 1.82) is 0 Å². The normalized spacial score (nSPS) is 12.8. The van der Waals surface area contributed by atoms with Crippen LogP contribution in [0.2, 0.25) is 0 Å². The number of imidazole rings is 1. The topological polar surface area (TPSA) is 38.0 Å². The molecule has 3 nitrogen and oxygen atoms in total. The summed E-state index contributed by atoms with van der Waals surface area (Å²) in [4.78, 5) is 4.11. The first-order valence-electron chi connectivity index (χ1n) is 6.00. The third-order valence-corrected chi connectivity index (χ3v) is 3.57. The van der Waals surface area contributed by atoms with Gasteiger partial charge in [0.1, 0.15) is 0 Å². The Morgan fingerprint density at radius 3 is 3.12 bits per heavy atom. The van der Waals surface area contributed by atoms with E-state index in [2.05, 4.69) is 28.7 Å². The van der Waals surface area contributed by atoms with Crippen LogP contribution in [0.3, 0.4) is 0 Å². The van der Waals surface area contributed by atoms with Crippen LogP contribution >= 0.6 is 11.3 Å². The first-order chi connectivity index (χ1) is 8.31. The number of aryl methyl sites for hydroxylation is 2. The molecule has 1 unspecified atom stereocenters. The molecule has 0 aliphatic heterocycles. The second kappa shape index (κ2) is 5.98. The lowest BCUT2D eigenvalue weighted by molar-refractivity contribution is 0.158. The molecule has 0 amide bonds. The highest BCUT2D eigenvalue weighted by Gasteiger charge is 2.12. The molecule has 92 valence electrons. The van der Waals surface area contributed by atoms with Crippen molar-refractivity contribution in [3.8, 4) is 0 Å². The van der Waals surface area contributed by atoms with Crippen molar-refractivity contribution in [2.45, 2.75) is 38.8 Å². The van der Waals surface area contributed by atoms with Crippen LogP contribution in [0.25, 0.3) is 0 Å². The summed E-state index contributed by atoms with van der Waals surface area (Å²) in [5.41, 5.74) is 2.23. The summed E-state index contributed by atoms with van der Waals surface area (Å²) in [5, 5.41) is 14.4. The summed E-state index contributed by atoms with van der Waals surface area (Å²) >= 11 is 1.70. The molecule has 0 bridgehead atoms. The maximum absolute atomic E-state index is 10.2. The molecule has 0 aliphatic rings. The van der Waals surface area contributed by atoms with Crippen LogP contribution in [-0.4, -0.2) is 14.7 Å². The Kier molecular flexibility index (Phi) is 4.34. The number of rotatable bonds is 6. The third-order valence-electron chi connectivity index (χ3n) is 2.84. The molecular weight excluding hydrogens is 232 g/mol. The van der Waals surface area contributed by atoms with Crippen molar-refractivity contribution >= 4 is 11.3 Å². The molecule has 0 aromatic carbocycles. The van der Waals surface area contributed by atoms with Crippen molar-refractivity contribution < 1.29 is 5.11 Å². The zero-order valence-electron chi connectivity index (χ0n) is 10.0. The number of aromatic nitrogens is 2. The molecule has 0 fully saturated rings. The van der Waals surface area contributed by atoms with Gasteiger partial charge in [0, 0.05) is 6.54 Å². The number of hydrogen-bond donors (Lipinski definition) is 1. The van der Waals surface area contributed by atoms with Gasteiger partial charge < -0.3 is 9.67 Å². The molecule has 2 rings (SSSR count). The molecule has 2 aromatic rings. The first kappa shape index (κ1) is 12.3. The minimum atomic E-state index is -0.413. The maximum Gasteiger partial charge on any atom is 0.0959 e. The van der Waals surface area contributed by atoms with E-state index in [1.165, 1.54) is 5.56 Å². The minimum Gasteiger partial charge on any atom is -0.387 e. The zero-order chi connectivity index (χ0) is 12.1. The SMILES string of the molecule is CCCn1cncc1C(O)CCc1ccsc1. The standard InChI is InChI=1S/C13H18N2OS/c1-2-6-15-10-14-8-12(15)13(16)4-3-11-5-7-17-9-11/h5,7-10,13,16H,2-4,6H2,1H3. The van der Waals surface area contributed by atoms with Gasteiger partial charge in [0.15, 0.2) is 0 Å². The Morgan fingerprint density at radius 2 is 2.41 bits per heavy atom. The quantitative estimate of drug-likeness (QED) is 0.855. The fourth-order valence-corrected chi connectivity index (χ4v) is 2.63. The molecule has 0 saturated carbocycles. The Bertz CT molecular complexity index is 436. The predicted octanol–water partition coefficient (Wildman–Crippen LogP) is 3.02. The lowest BCUT2D eigenvalue weighted by Crippen LogP contribution is -2.07. The number of thiophene rings is 1. The van der Waals surface area contributed by atoms with Crippen LogP contribution in [-0.2, 0) is 13.0 Å². The molecule has 0 radical (unpaired) electrons. The molecule has 0 spiro atoms. The lowest BCUT2D eigenvalue weighted by Gasteiger charge is -2.12. The van der Waals surface area contributed by atoms with Gasteiger partial charge in [-0.05, 0) is 41.7 Å². The molecule has 2 aromatic heterocycles. The van der Waals surface area contributed by atoms with E-state index >= 15 is 0 Å². The summed E-state index contributed by atoms with van der Waals surface area (Å²) in [5.74, 6) is 0. The van der Waals surface area contributed by atoms with Gasteiger partial charge in [-0.15, -0.1) is 0 Å². The Balaban J connectivity index is 1.94. The van der Waals surface area contributed by atoms with Crippen molar-refractivity contribution in [3.63, 3.8) is 0 Å². The van der Waals surface area contributed by atoms with Gasteiger partial charge in [-0.1, -0.05) is 6.92 Å². The van der Waals surface area contributed by atoms with E-state index in [1.54, 1.807) is 23.9 Å². The fourth-order valence-electron chi connectivity index (χ4n) is 1.92. The van der Waals surface area contributed by atoms with Gasteiger partial charge in [0.05, 0.1) is 24.3 Å². The van der Waals surface area contributed by atoms with Crippen molar-refractivity contribution in [1.82, 2.24) is 9.55 Å². The fraction of sp³-hybridized carbons (Fsp3) is 0.462. The van der Waals surface area contributed by atoms with Crippen LogP contribution in [0, 0.1) is 0 Å². The number of nitrogens with zero attached hydrogens (tertiary/aromatic N) is 2. The van der Waals surface area contributed by atoms with E-state index in [1.807, 2.05) is 4.57 Å². The van der Waals surface area contributed by atoms with E-state index in [0.29, 0.717) is 0 Å². The van der Waals surface area contributed by atoms with Gasteiger partial charge in [0.25, 0.3) is 0 Å². The second-order valence-corrected chi connectivity index (χ2v) is 4.98. The smallest absolute Gasteiger partial charge is 0.0959 e. The molecular formula is C13H18N2OS. The molecule has 0 saturated heterocycles. The van der Waals surface area contributed by atoms with Crippen LogP contribution < -0.4 is 0 Å². The monoisotopic (exact) mass is 250 g/mol. The Morgan fingerprint density at radius 1 is 1.53 bits per heavy atom. The molecule has 2 heterocycles. The summed E-state index contributed by atoms with van der Waals surface area (Å²) in [6.07, 6.45) is 5.89. The summed E-state index contributed by atoms with van der Waals surface area (Å²) in [6, 6.07) is 2.11. The average Bonchev–Trinajstić information content (AvgIpc) is 2.97. The number of hydrogen-bond acceptors (Lipinski definition) is 3. The second-order valence-electron chi connectivity index (χ2n) is 4.20. The maximum atomic E-state index is 10.2. The van der Waals surface area contributed by atoms with E-state index in [-0.39, 0.29) is 0 Å². The van der Waals surface area contributed by atoms with Crippen molar-refractivity contribution in [2.75, 3.05) is 0 Å². The highest BCUT2D eigenvalue weighted by molar-refractivity contribution is 7.07. The van der Waals surface area contributed by atoms with Gasteiger partial charge in [-0.2, -0.15) is 11.3 Å². The van der Waals surface area contributed by atoms with E-state index in [4.69, 9.17) is 0 Å². The summed E-state index contributed by atoms with van der Waals surface area (Å²) < 4.78 is 2.04. The average molecular weight is 250 g/mol. The van der Waals surface area contributed by atoms with Gasteiger partial charge in [-0.3, -0.25) is 0 Å². The molecule has 17 heavy (non-hydrogen) atoms. The highest BCUT2D eigenvalue weighted by atomic mass is 32.1. The van der Waals surface area contributed by atoms with Gasteiger partial charge in [-0.25, -0.2) is 4.98 Å². The largest absolute Gasteiger partial charge is 0.387 e. The predicted molar refractivity (Wildman–Crippen MR) is 70.1 cm³/mol. The summed E-state index contributed by atoms with van der Waals surface area (Å²) in [7, 11) is 0. The van der Waals surface area contributed by atoms with Crippen LogP contribution in [0.15, 0.2) is 29.4 Å². The molecule has 1 atom stereocenters. The Labute approximate surface area is 106 Å². The molecule has 0 aliphatic carbocycles. The zero-order valence-corrected chi connectivity index (χ0v) is 10.9. The van der Waals surface area contributed by atoms with E-state index in [0.717, 1.165) is 31.5 Å². The Hall–Kier alpha value is -1.13. The number of aliphatic hydroxyl groups excluding tert-OH is 1. The third kappa shape index (κ3) is 3.17. The van der Waals surface area contributed by atoms with Crippen LogP contribution in [0.4, 0.5) is 0 Å².